The number of nitrogens with zero attached hydrogens (tertiary/aromatic N) is 2. The highest BCUT2D eigenvalue weighted by Gasteiger charge is 2.16. The molecule has 14 heavy (non-hydrogen) atoms. The van der Waals surface area contributed by atoms with Crippen molar-refractivity contribution in [1.82, 2.24) is 0 Å². The second-order valence-electron chi connectivity index (χ2n) is 3.98. The third-order valence-electron chi connectivity index (χ3n) is 2.03. The molecule has 0 aliphatic carbocycles. The van der Waals surface area contributed by atoms with Crippen molar-refractivity contribution < 1.29 is 0 Å². The molecule has 0 atom stereocenters. The van der Waals surface area contributed by atoms with Crippen LogP contribution in [0.4, 0.5) is 0 Å². The Labute approximate surface area is 84.4 Å². The van der Waals surface area contributed by atoms with E-state index in [4.69, 9.17) is 10.5 Å². The van der Waals surface area contributed by atoms with Gasteiger partial charge in [-0.2, -0.15) is 10.5 Å². The molecule has 1 aromatic carbocycles. The quantitative estimate of drug-likeness (QED) is 0.709. The summed E-state index contributed by atoms with van der Waals surface area (Å²) < 4.78 is 0. The number of rotatable bonds is 2. The summed E-state index contributed by atoms with van der Waals surface area (Å²) in [5.74, 6) is 0. The summed E-state index contributed by atoms with van der Waals surface area (Å²) in [4.78, 5) is 0. The van der Waals surface area contributed by atoms with Gasteiger partial charge in [-0.3, -0.25) is 0 Å². The van der Waals surface area contributed by atoms with E-state index in [-0.39, 0.29) is 5.41 Å². The molecule has 0 radical (unpaired) electrons. The van der Waals surface area contributed by atoms with Crippen molar-refractivity contribution in [3.05, 3.63) is 35.4 Å². The summed E-state index contributed by atoms with van der Waals surface area (Å²) in [6.45, 7) is 3.82. The van der Waals surface area contributed by atoms with Crippen molar-refractivity contribution in [3.8, 4) is 12.1 Å². The van der Waals surface area contributed by atoms with Crippen LogP contribution in [0.2, 0.25) is 0 Å². The average Bonchev–Trinajstić information content (AvgIpc) is 2.19. The summed E-state index contributed by atoms with van der Waals surface area (Å²) in [6, 6.07) is 11.7. The van der Waals surface area contributed by atoms with Crippen molar-refractivity contribution in [2.75, 3.05) is 0 Å². The molecule has 0 fully saturated rings. The highest BCUT2D eigenvalue weighted by Crippen LogP contribution is 2.20. The molecule has 0 aliphatic rings. The first-order valence-corrected chi connectivity index (χ1v) is 4.48. The Morgan fingerprint density at radius 3 is 2.14 bits per heavy atom. The van der Waals surface area contributed by atoms with E-state index >= 15 is 0 Å². The van der Waals surface area contributed by atoms with Crippen LogP contribution in [0.15, 0.2) is 24.3 Å². The fourth-order valence-corrected chi connectivity index (χ4v) is 1.25. The molecule has 2 nitrogen and oxygen atoms in total. The smallest absolute Gasteiger partial charge is 0.0991 e. The highest BCUT2D eigenvalue weighted by atomic mass is 14.3. The van der Waals surface area contributed by atoms with Crippen molar-refractivity contribution in [3.63, 3.8) is 0 Å². The van der Waals surface area contributed by atoms with E-state index in [0.717, 1.165) is 12.0 Å². The second kappa shape index (κ2) is 3.94. The van der Waals surface area contributed by atoms with Crippen LogP contribution in [0.1, 0.15) is 25.0 Å². The molecular formula is C12H12N2. The van der Waals surface area contributed by atoms with Gasteiger partial charge >= 0.3 is 0 Å². The van der Waals surface area contributed by atoms with Gasteiger partial charge in [0.05, 0.1) is 23.1 Å². The largest absolute Gasteiger partial charge is 0.198 e. The number of nitriles is 2. The Morgan fingerprint density at radius 2 is 1.71 bits per heavy atom. The molecule has 1 aromatic rings. The van der Waals surface area contributed by atoms with Crippen LogP contribution in [0, 0.1) is 28.1 Å². The lowest BCUT2D eigenvalue weighted by molar-refractivity contribution is 0.493. The van der Waals surface area contributed by atoms with E-state index in [0.29, 0.717) is 5.56 Å². The number of hydrogen-bond acceptors (Lipinski definition) is 2. The fraction of sp³-hybridized carbons (Fsp3) is 0.333. The standard InChI is InChI=1S/C12H12N2/c1-12(2,9-14)7-10-3-5-11(8-13)6-4-10/h3-6H,7H2,1-2H3. The van der Waals surface area contributed by atoms with Crippen molar-refractivity contribution in [1.29, 1.82) is 10.5 Å². The Kier molecular flexibility index (Phi) is 2.89. The van der Waals surface area contributed by atoms with Crippen molar-refractivity contribution in [2.45, 2.75) is 20.3 Å². The van der Waals surface area contributed by atoms with E-state index < -0.39 is 0 Å². The van der Waals surface area contributed by atoms with E-state index in [2.05, 4.69) is 12.1 Å². The Hall–Kier alpha value is -1.80. The van der Waals surface area contributed by atoms with Crippen LogP contribution in [0.5, 0.6) is 0 Å². The molecule has 0 amide bonds. The highest BCUT2D eigenvalue weighted by molar-refractivity contribution is 5.32. The Balaban J connectivity index is 2.81. The first-order chi connectivity index (χ1) is 6.57. The SMILES string of the molecule is CC(C)(C#N)Cc1ccc(C#N)cc1. The fourth-order valence-electron chi connectivity index (χ4n) is 1.25. The Bertz CT molecular complexity index is 388. The van der Waals surface area contributed by atoms with Gasteiger partial charge < -0.3 is 0 Å². The van der Waals surface area contributed by atoms with Crippen LogP contribution in [-0.2, 0) is 6.42 Å². The predicted molar refractivity (Wildman–Crippen MR) is 54.3 cm³/mol. The molecule has 2 heteroatoms. The number of benzene rings is 1. The third kappa shape index (κ3) is 2.61. The van der Waals surface area contributed by atoms with Crippen LogP contribution < -0.4 is 0 Å². The van der Waals surface area contributed by atoms with E-state index in [1.54, 1.807) is 12.1 Å². The topological polar surface area (TPSA) is 47.6 Å². The zero-order valence-electron chi connectivity index (χ0n) is 8.41. The maximum absolute atomic E-state index is 8.85. The van der Waals surface area contributed by atoms with Gasteiger partial charge in [-0.1, -0.05) is 12.1 Å². The van der Waals surface area contributed by atoms with Gasteiger partial charge in [-0.15, -0.1) is 0 Å². The first kappa shape index (κ1) is 10.3. The molecular weight excluding hydrogens is 172 g/mol. The summed E-state index contributed by atoms with van der Waals surface area (Å²) in [7, 11) is 0. The molecule has 70 valence electrons. The summed E-state index contributed by atoms with van der Waals surface area (Å²) in [6.07, 6.45) is 0.717. The van der Waals surface area contributed by atoms with E-state index in [9.17, 15) is 0 Å². The molecule has 0 heterocycles. The summed E-state index contributed by atoms with van der Waals surface area (Å²) in [5.41, 5.74) is 1.41. The van der Waals surface area contributed by atoms with Gasteiger partial charge in [-0.05, 0) is 38.0 Å². The average molecular weight is 184 g/mol. The molecule has 0 unspecified atom stereocenters. The van der Waals surface area contributed by atoms with Crippen LogP contribution in [0.25, 0.3) is 0 Å². The maximum atomic E-state index is 8.85. The summed E-state index contributed by atoms with van der Waals surface area (Å²) >= 11 is 0. The van der Waals surface area contributed by atoms with Crippen molar-refractivity contribution >= 4 is 0 Å². The molecule has 0 saturated carbocycles. The minimum Gasteiger partial charge on any atom is -0.198 e. The lowest BCUT2D eigenvalue weighted by atomic mass is 9.87. The van der Waals surface area contributed by atoms with Crippen LogP contribution in [-0.4, -0.2) is 0 Å². The molecule has 0 spiro atoms. The second-order valence-corrected chi connectivity index (χ2v) is 3.98. The minimum atomic E-state index is -0.339. The van der Waals surface area contributed by atoms with Gasteiger partial charge in [0.15, 0.2) is 0 Å². The normalized spacial score (nSPS) is 10.3. The zero-order chi connectivity index (χ0) is 10.6. The van der Waals surface area contributed by atoms with Gasteiger partial charge in [0.25, 0.3) is 0 Å². The van der Waals surface area contributed by atoms with Gasteiger partial charge in [0, 0.05) is 0 Å². The molecule has 0 bridgehead atoms. The van der Waals surface area contributed by atoms with Gasteiger partial charge in [-0.25, -0.2) is 0 Å². The Morgan fingerprint density at radius 1 is 1.14 bits per heavy atom. The molecule has 1 rings (SSSR count). The van der Waals surface area contributed by atoms with Crippen molar-refractivity contribution in [2.24, 2.45) is 5.41 Å². The zero-order valence-corrected chi connectivity index (χ0v) is 8.41. The molecule has 0 saturated heterocycles. The minimum absolute atomic E-state index is 0.339. The molecule has 0 N–H and O–H groups in total. The van der Waals surface area contributed by atoms with Crippen LogP contribution >= 0.6 is 0 Å². The van der Waals surface area contributed by atoms with E-state index in [1.165, 1.54) is 0 Å². The van der Waals surface area contributed by atoms with Gasteiger partial charge in [0.1, 0.15) is 0 Å². The van der Waals surface area contributed by atoms with Gasteiger partial charge in [0.2, 0.25) is 0 Å². The van der Waals surface area contributed by atoms with E-state index in [1.807, 2.05) is 26.0 Å². The molecule has 0 aromatic heterocycles. The maximum Gasteiger partial charge on any atom is 0.0991 e. The lowest BCUT2D eigenvalue weighted by Crippen LogP contribution is -2.11. The number of hydrogen-bond donors (Lipinski definition) is 0. The van der Waals surface area contributed by atoms with Crippen LogP contribution in [0.3, 0.4) is 0 Å². The molecule has 0 aliphatic heterocycles. The first-order valence-electron chi connectivity index (χ1n) is 4.48. The monoisotopic (exact) mass is 184 g/mol. The predicted octanol–water partition coefficient (Wildman–Crippen LogP) is 2.65. The third-order valence-corrected chi connectivity index (χ3v) is 2.03. The summed E-state index contributed by atoms with van der Waals surface area (Å²) in [5, 5.41) is 17.5. The lowest BCUT2D eigenvalue weighted by Gasteiger charge is -2.14.